The molecule has 3 rings (SSSR count). The predicted molar refractivity (Wildman–Crippen MR) is 93.6 cm³/mol. The maximum absolute atomic E-state index is 10.0. The second-order valence-corrected chi connectivity index (χ2v) is 5.98. The molecule has 23 heavy (non-hydrogen) atoms. The van der Waals surface area contributed by atoms with E-state index in [4.69, 9.17) is 0 Å². The number of hydrogen-bond donors (Lipinski definition) is 3. The summed E-state index contributed by atoms with van der Waals surface area (Å²) in [6, 6.07) is 14.0. The molecule has 0 amide bonds. The SMILES string of the molecule is CCCC[n+]1c(NCc2cc(C)ccc2O)[nH]c2ccccc21. The first-order valence-electron chi connectivity index (χ1n) is 8.22. The van der Waals surface area contributed by atoms with Gasteiger partial charge in [-0.3, -0.25) is 5.32 Å². The van der Waals surface area contributed by atoms with Gasteiger partial charge in [0.2, 0.25) is 0 Å². The van der Waals surface area contributed by atoms with E-state index in [1.165, 1.54) is 5.52 Å². The lowest BCUT2D eigenvalue weighted by molar-refractivity contribution is -0.657. The fraction of sp³-hybridized carbons (Fsp3) is 0.316. The monoisotopic (exact) mass is 310 g/mol. The number of aryl methyl sites for hydroxylation is 2. The molecule has 1 aromatic heterocycles. The van der Waals surface area contributed by atoms with Crippen LogP contribution in [0.1, 0.15) is 30.9 Å². The van der Waals surface area contributed by atoms with Crippen LogP contribution in [0.2, 0.25) is 0 Å². The Morgan fingerprint density at radius 3 is 2.83 bits per heavy atom. The van der Waals surface area contributed by atoms with Gasteiger partial charge in [0, 0.05) is 5.56 Å². The van der Waals surface area contributed by atoms with Crippen molar-refractivity contribution in [3.05, 3.63) is 53.6 Å². The third-order valence-corrected chi connectivity index (χ3v) is 4.13. The molecule has 0 unspecified atom stereocenters. The fourth-order valence-corrected chi connectivity index (χ4v) is 2.85. The summed E-state index contributed by atoms with van der Waals surface area (Å²) in [4.78, 5) is 3.45. The number of rotatable bonds is 6. The molecule has 3 aromatic rings. The number of fused-ring (bicyclic) bond motifs is 1. The molecule has 0 fully saturated rings. The van der Waals surface area contributed by atoms with Gasteiger partial charge in [-0.15, -0.1) is 0 Å². The average Bonchev–Trinajstić information content (AvgIpc) is 2.91. The van der Waals surface area contributed by atoms with Crippen LogP contribution in [0.4, 0.5) is 5.95 Å². The Bertz CT molecular complexity index is 807. The number of phenols is 1. The first kappa shape index (κ1) is 15.4. The zero-order valence-corrected chi connectivity index (χ0v) is 13.8. The predicted octanol–water partition coefficient (Wildman–Crippen LogP) is 3.88. The maximum Gasteiger partial charge on any atom is 0.356 e. The van der Waals surface area contributed by atoms with Gasteiger partial charge < -0.3 is 5.11 Å². The summed E-state index contributed by atoms with van der Waals surface area (Å²) in [7, 11) is 0. The van der Waals surface area contributed by atoms with Crippen molar-refractivity contribution < 1.29 is 9.67 Å². The fourth-order valence-electron chi connectivity index (χ4n) is 2.85. The van der Waals surface area contributed by atoms with E-state index in [0.717, 1.165) is 42.0 Å². The van der Waals surface area contributed by atoms with E-state index in [2.05, 4.69) is 40.0 Å². The van der Waals surface area contributed by atoms with Gasteiger partial charge in [0.25, 0.3) is 0 Å². The van der Waals surface area contributed by atoms with Crippen molar-refractivity contribution in [1.29, 1.82) is 0 Å². The van der Waals surface area contributed by atoms with Gasteiger partial charge in [-0.2, -0.15) is 0 Å². The summed E-state index contributed by atoms with van der Waals surface area (Å²) >= 11 is 0. The van der Waals surface area contributed by atoms with Gasteiger partial charge in [0.15, 0.2) is 0 Å². The molecule has 0 radical (unpaired) electrons. The molecular formula is C19H24N3O+. The highest BCUT2D eigenvalue weighted by molar-refractivity contribution is 5.72. The minimum Gasteiger partial charge on any atom is -0.508 e. The van der Waals surface area contributed by atoms with E-state index in [1.807, 2.05) is 25.1 Å². The lowest BCUT2D eigenvalue weighted by Gasteiger charge is -2.06. The zero-order chi connectivity index (χ0) is 16.2. The molecule has 0 aliphatic heterocycles. The number of aromatic amines is 1. The van der Waals surface area contributed by atoms with E-state index >= 15 is 0 Å². The van der Waals surface area contributed by atoms with Gasteiger partial charge in [0.05, 0.1) is 13.1 Å². The van der Waals surface area contributed by atoms with Crippen LogP contribution in [0.5, 0.6) is 5.75 Å². The Labute approximate surface area is 136 Å². The largest absolute Gasteiger partial charge is 0.508 e. The number of anilines is 1. The Kier molecular flexibility index (Phi) is 4.51. The first-order valence-corrected chi connectivity index (χ1v) is 8.22. The van der Waals surface area contributed by atoms with Crippen molar-refractivity contribution in [3.8, 4) is 5.75 Å². The van der Waals surface area contributed by atoms with Gasteiger partial charge in [0.1, 0.15) is 16.8 Å². The number of unbranched alkanes of at least 4 members (excludes halogenated alkanes) is 1. The molecule has 0 saturated heterocycles. The van der Waals surface area contributed by atoms with Gasteiger partial charge >= 0.3 is 5.95 Å². The normalized spacial score (nSPS) is 11.0. The minimum absolute atomic E-state index is 0.333. The zero-order valence-electron chi connectivity index (χ0n) is 13.8. The average molecular weight is 310 g/mol. The third kappa shape index (κ3) is 3.31. The third-order valence-electron chi connectivity index (χ3n) is 4.13. The number of aromatic nitrogens is 2. The second-order valence-electron chi connectivity index (χ2n) is 5.98. The summed E-state index contributed by atoms with van der Waals surface area (Å²) in [5, 5.41) is 13.4. The molecule has 0 aliphatic carbocycles. The number of benzene rings is 2. The highest BCUT2D eigenvalue weighted by Gasteiger charge is 2.16. The number of para-hydroxylation sites is 2. The van der Waals surface area contributed by atoms with Crippen LogP contribution in [0.15, 0.2) is 42.5 Å². The quantitative estimate of drug-likeness (QED) is 0.605. The Hall–Kier alpha value is -2.49. The lowest BCUT2D eigenvalue weighted by atomic mass is 10.1. The molecule has 0 spiro atoms. The van der Waals surface area contributed by atoms with Crippen LogP contribution in [-0.2, 0) is 13.1 Å². The highest BCUT2D eigenvalue weighted by atomic mass is 16.3. The van der Waals surface area contributed by atoms with Crippen LogP contribution in [0, 0.1) is 6.92 Å². The summed E-state index contributed by atoms with van der Waals surface area (Å²) in [5.74, 6) is 1.32. The van der Waals surface area contributed by atoms with E-state index in [-0.39, 0.29) is 0 Å². The van der Waals surface area contributed by atoms with Crippen LogP contribution >= 0.6 is 0 Å². The van der Waals surface area contributed by atoms with Crippen molar-refractivity contribution in [1.82, 2.24) is 4.98 Å². The van der Waals surface area contributed by atoms with Crippen LogP contribution in [0.25, 0.3) is 11.0 Å². The molecule has 0 bridgehead atoms. The van der Waals surface area contributed by atoms with Crippen LogP contribution in [-0.4, -0.2) is 10.1 Å². The van der Waals surface area contributed by atoms with E-state index in [9.17, 15) is 5.11 Å². The van der Waals surface area contributed by atoms with Gasteiger partial charge in [-0.1, -0.05) is 37.1 Å². The van der Waals surface area contributed by atoms with E-state index in [1.54, 1.807) is 6.07 Å². The highest BCUT2D eigenvalue weighted by Crippen LogP contribution is 2.20. The molecule has 0 aliphatic rings. The Morgan fingerprint density at radius 1 is 1.17 bits per heavy atom. The topological polar surface area (TPSA) is 51.9 Å². The van der Waals surface area contributed by atoms with Crippen molar-refractivity contribution in [2.24, 2.45) is 0 Å². The van der Waals surface area contributed by atoms with Crippen molar-refractivity contribution in [3.63, 3.8) is 0 Å². The second kappa shape index (κ2) is 6.73. The summed E-state index contributed by atoms with van der Waals surface area (Å²) < 4.78 is 2.28. The van der Waals surface area contributed by atoms with Crippen molar-refractivity contribution >= 4 is 17.0 Å². The Balaban J connectivity index is 1.88. The number of phenolic OH excluding ortho intramolecular Hbond substituents is 1. The number of nitrogens with one attached hydrogen (secondary N) is 2. The molecule has 4 heteroatoms. The van der Waals surface area contributed by atoms with Gasteiger partial charge in [-0.05, 0) is 37.6 Å². The number of H-pyrrole nitrogens is 1. The standard InChI is InChI=1S/C19H23N3O/c1-3-4-11-22-17-8-6-5-7-16(17)21-19(22)20-13-15-12-14(2)9-10-18(15)23/h5-10,12H,3-4,11,13H2,1-2H3,(H2,20,21,23)/p+1. The summed E-state index contributed by atoms with van der Waals surface area (Å²) in [6.45, 7) is 5.80. The molecule has 1 heterocycles. The summed E-state index contributed by atoms with van der Waals surface area (Å²) in [5.41, 5.74) is 4.39. The number of imidazole rings is 1. The number of aromatic hydroxyl groups is 1. The summed E-state index contributed by atoms with van der Waals surface area (Å²) in [6.07, 6.45) is 2.29. The van der Waals surface area contributed by atoms with Crippen LogP contribution in [0.3, 0.4) is 0 Å². The molecule has 4 nitrogen and oxygen atoms in total. The Morgan fingerprint density at radius 2 is 2.00 bits per heavy atom. The van der Waals surface area contributed by atoms with Crippen LogP contribution < -0.4 is 9.88 Å². The van der Waals surface area contributed by atoms with Crippen molar-refractivity contribution in [2.75, 3.05) is 5.32 Å². The number of nitrogens with zero attached hydrogens (tertiary/aromatic N) is 1. The van der Waals surface area contributed by atoms with E-state index in [0.29, 0.717) is 12.3 Å². The number of hydrogen-bond acceptors (Lipinski definition) is 2. The molecule has 120 valence electrons. The molecule has 0 atom stereocenters. The van der Waals surface area contributed by atoms with E-state index < -0.39 is 0 Å². The molecular weight excluding hydrogens is 286 g/mol. The molecule has 2 aromatic carbocycles. The van der Waals surface area contributed by atoms with Gasteiger partial charge in [-0.25, -0.2) is 9.55 Å². The lowest BCUT2D eigenvalue weighted by Crippen LogP contribution is -2.36. The smallest absolute Gasteiger partial charge is 0.356 e. The maximum atomic E-state index is 10.0. The molecule has 3 N–H and O–H groups in total. The van der Waals surface area contributed by atoms with Crippen molar-refractivity contribution in [2.45, 2.75) is 39.8 Å². The first-order chi connectivity index (χ1) is 11.2. The molecule has 0 saturated carbocycles. The minimum atomic E-state index is 0.333.